The van der Waals surface area contributed by atoms with Crippen molar-refractivity contribution in [1.82, 2.24) is 5.32 Å². The third-order valence-electron chi connectivity index (χ3n) is 2.00. The van der Waals surface area contributed by atoms with Gasteiger partial charge in [0.1, 0.15) is 24.5 Å². The van der Waals surface area contributed by atoms with E-state index in [1.54, 1.807) is 0 Å². The summed E-state index contributed by atoms with van der Waals surface area (Å²) in [6.07, 6.45) is -5.56. The molecule has 0 spiro atoms. The molecule has 0 heterocycles. The summed E-state index contributed by atoms with van der Waals surface area (Å²) in [5, 5.41) is 56.6. The molecule has 0 aromatic heterocycles. The van der Waals surface area contributed by atoms with Crippen LogP contribution in [-0.2, 0) is 0 Å². The Morgan fingerprint density at radius 2 is 1.47 bits per heavy atom. The molecular formula is C8H19NO6. The minimum Gasteiger partial charge on any atom is -0.395 e. The van der Waals surface area contributed by atoms with Crippen molar-refractivity contribution < 1.29 is 30.6 Å². The zero-order chi connectivity index (χ0) is 12.0. The van der Waals surface area contributed by atoms with Gasteiger partial charge in [0, 0.05) is 0 Å². The molecule has 0 amide bonds. The van der Waals surface area contributed by atoms with Gasteiger partial charge >= 0.3 is 0 Å². The van der Waals surface area contributed by atoms with Gasteiger partial charge < -0.3 is 30.6 Å². The highest BCUT2D eigenvalue weighted by atomic mass is 16.4. The van der Waals surface area contributed by atoms with Gasteiger partial charge in [0.05, 0.1) is 19.3 Å². The second-order valence-electron chi connectivity index (χ2n) is 3.36. The van der Waals surface area contributed by atoms with E-state index in [4.69, 9.17) is 20.4 Å². The minimum absolute atomic E-state index is 0.527. The molecular weight excluding hydrogens is 206 g/mol. The maximum Gasteiger partial charge on any atom is 0.110 e. The van der Waals surface area contributed by atoms with Gasteiger partial charge in [-0.1, -0.05) is 0 Å². The number of hydrogen-bond acceptors (Lipinski definition) is 7. The predicted molar refractivity (Wildman–Crippen MR) is 50.8 cm³/mol. The van der Waals surface area contributed by atoms with Gasteiger partial charge in [0.2, 0.25) is 0 Å². The molecule has 0 fully saturated rings. The van der Waals surface area contributed by atoms with Crippen LogP contribution in [0.1, 0.15) is 6.92 Å². The van der Waals surface area contributed by atoms with Crippen LogP contribution in [0.3, 0.4) is 0 Å². The second-order valence-corrected chi connectivity index (χ2v) is 3.36. The molecule has 0 aromatic rings. The Morgan fingerprint density at radius 3 is 1.80 bits per heavy atom. The molecule has 0 rings (SSSR count). The zero-order valence-electron chi connectivity index (χ0n) is 8.48. The molecule has 0 saturated heterocycles. The van der Waals surface area contributed by atoms with Crippen LogP contribution >= 0.6 is 0 Å². The van der Waals surface area contributed by atoms with Crippen molar-refractivity contribution in [3.63, 3.8) is 0 Å². The minimum atomic E-state index is -1.60. The summed E-state index contributed by atoms with van der Waals surface area (Å²) in [4.78, 5) is 0. The lowest BCUT2D eigenvalue weighted by molar-refractivity contribution is -0.0964. The topological polar surface area (TPSA) is 133 Å². The normalized spacial score (nSPS) is 21.8. The van der Waals surface area contributed by atoms with Gasteiger partial charge in [-0.25, -0.2) is 0 Å². The van der Waals surface area contributed by atoms with Gasteiger partial charge in [-0.15, -0.1) is 0 Å². The summed E-state index contributed by atoms with van der Waals surface area (Å²) < 4.78 is 0. The Morgan fingerprint density at radius 1 is 0.933 bits per heavy atom. The first-order valence-electron chi connectivity index (χ1n) is 4.64. The molecule has 0 aliphatic carbocycles. The first-order chi connectivity index (χ1) is 6.93. The van der Waals surface area contributed by atoms with Crippen molar-refractivity contribution >= 4 is 0 Å². The molecule has 5 atom stereocenters. The molecule has 1 unspecified atom stereocenters. The van der Waals surface area contributed by atoms with Crippen LogP contribution in [0.5, 0.6) is 0 Å². The predicted octanol–water partition coefficient (Wildman–Crippen LogP) is -3.65. The molecule has 0 aliphatic rings. The standard InChI is InChI=1S/C8H19NO6/c1-4(12)9-5(2-10)7(14)8(15)6(13)3-11/h4-15H,2-3H2,1H3/t4?,5-,6-,7-,8-/m1/s1. The molecule has 0 saturated carbocycles. The number of aliphatic hydroxyl groups is 6. The van der Waals surface area contributed by atoms with E-state index in [0.717, 1.165) is 0 Å². The quantitative estimate of drug-likeness (QED) is 0.222. The van der Waals surface area contributed by atoms with Crippen LogP contribution in [0.25, 0.3) is 0 Å². The lowest BCUT2D eigenvalue weighted by Crippen LogP contribution is -2.54. The van der Waals surface area contributed by atoms with Crippen LogP contribution in [0.15, 0.2) is 0 Å². The van der Waals surface area contributed by atoms with Crippen molar-refractivity contribution in [2.75, 3.05) is 13.2 Å². The highest BCUT2D eigenvalue weighted by Gasteiger charge is 2.31. The Hall–Kier alpha value is -0.280. The Labute approximate surface area is 87.6 Å². The molecule has 92 valence electrons. The lowest BCUT2D eigenvalue weighted by Gasteiger charge is -2.29. The number of rotatable bonds is 7. The maximum absolute atomic E-state index is 9.47. The van der Waals surface area contributed by atoms with E-state index in [9.17, 15) is 10.2 Å². The van der Waals surface area contributed by atoms with Gasteiger partial charge in [0.15, 0.2) is 0 Å². The lowest BCUT2D eigenvalue weighted by atomic mass is 10.0. The average Bonchev–Trinajstić information content (AvgIpc) is 2.22. The van der Waals surface area contributed by atoms with Crippen LogP contribution in [0.2, 0.25) is 0 Å². The van der Waals surface area contributed by atoms with Crippen LogP contribution in [0, 0.1) is 0 Å². The fourth-order valence-electron chi connectivity index (χ4n) is 1.14. The second kappa shape index (κ2) is 7.07. The maximum atomic E-state index is 9.47. The summed E-state index contributed by atoms with van der Waals surface area (Å²) >= 11 is 0. The van der Waals surface area contributed by atoms with E-state index >= 15 is 0 Å². The van der Waals surface area contributed by atoms with Crippen LogP contribution < -0.4 is 5.32 Å². The Kier molecular flexibility index (Phi) is 6.94. The monoisotopic (exact) mass is 225 g/mol. The van der Waals surface area contributed by atoms with E-state index < -0.39 is 43.8 Å². The van der Waals surface area contributed by atoms with Gasteiger partial charge in [-0.3, -0.25) is 5.32 Å². The fraction of sp³-hybridized carbons (Fsp3) is 1.00. The summed E-state index contributed by atoms with van der Waals surface area (Å²) in [7, 11) is 0. The number of hydrogen-bond donors (Lipinski definition) is 7. The SMILES string of the molecule is CC(O)N[C@H](CO)[C@@H](O)[C@H](O)[C@H](O)CO. The Balaban J connectivity index is 4.29. The molecule has 0 aliphatic heterocycles. The zero-order valence-corrected chi connectivity index (χ0v) is 8.48. The fourth-order valence-corrected chi connectivity index (χ4v) is 1.14. The van der Waals surface area contributed by atoms with Crippen LogP contribution in [0.4, 0.5) is 0 Å². The highest BCUT2D eigenvalue weighted by molar-refractivity contribution is 4.85. The van der Waals surface area contributed by atoms with Crippen LogP contribution in [-0.4, -0.2) is 74.4 Å². The van der Waals surface area contributed by atoms with E-state index in [2.05, 4.69) is 5.32 Å². The summed E-state index contributed by atoms with van der Waals surface area (Å²) in [5.41, 5.74) is 0. The van der Waals surface area contributed by atoms with Crippen molar-refractivity contribution in [1.29, 1.82) is 0 Å². The van der Waals surface area contributed by atoms with Crippen molar-refractivity contribution in [2.24, 2.45) is 0 Å². The van der Waals surface area contributed by atoms with E-state index in [1.165, 1.54) is 6.92 Å². The van der Waals surface area contributed by atoms with Crippen molar-refractivity contribution in [3.8, 4) is 0 Å². The molecule has 15 heavy (non-hydrogen) atoms. The van der Waals surface area contributed by atoms with Gasteiger partial charge in [0.25, 0.3) is 0 Å². The molecule has 7 nitrogen and oxygen atoms in total. The molecule has 0 bridgehead atoms. The first-order valence-corrected chi connectivity index (χ1v) is 4.64. The highest BCUT2D eigenvalue weighted by Crippen LogP contribution is 2.05. The van der Waals surface area contributed by atoms with Crippen molar-refractivity contribution in [3.05, 3.63) is 0 Å². The summed E-state index contributed by atoms with van der Waals surface area (Å²) in [5.74, 6) is 0. The van der Waals surface area contributed by atoms with Gasteiger partial charge in [-0.05, 0) is 6.92 Å². The molecule has 0 aromatic carbocycles. The molecule has 7 heteroatoms. The summed E-state index contributed by atoms with van der Waals surface area (Å²) in [6, 6.07) is -0.985. The third kappa shape index (κ3) is 4.85. The molecule has 0 radical (unpaired) electrons. The van der Waals surface area contributed by atoms with E-state index in [1.807, 2.05) is 0 Å². The molecule has 7 N–H and O–H groups in total. The Bertz CT molecular complexity index is 167. The van der Waals surface area contributed by atoms with Crippen molar-refractivity contribution in [2.45, 2.75) is 37.5 Å². The number of nitrogens with one attached hydrogen (secondary N) is 1. The van der Waals surface area contributed by atoms with E-state index in [0.29, 0.717) is 0 Å². The third-order valence-corrected chi connectivity index (χ3v) is 2.00. The van der Waals surface area contributed by atoms with Gasteiger partial charge in [-0.2, -0.15) is 0 Å². The van der Waals surface area contributed by atoms with E-state index in [-0.39, 0.29) is 0 Å². The smallest absolute Gasteiger partial charge is 0.110 e. The first kappa shape index (κ1) is 14.7. The number of aliphatic hydroxyl groups excluding tert-OH is 6. The average molecular weight is 225 g/mol. The largest absolute Gasteiger partial charge is 0.395 e. The summed E-state index contributed by atoms with van der Waals surface area (Å²) in [6.45, 7) is 0.149.